The zero-order valence-electron chi connectivity index (χ0n) is 22.7. The lowest BCUT2D eigenvalue weighted by Gasteiger charge is -2.31. The molecule has 6 aromatic rings. The smallest absolute Gasteiger partial charge is 0.228 e. The molecular formula is C34H29N3O3. The molecule has 40 heavy (non-hydrogen) atoms. The molecule has 0 bridgehead atoms. The molecule has 6 nitrogen and oxygen atoms in total. The predicted octanol–water partition coefficient (Wildman–Crippen LogP) is 7.59. The zero-order valence-corrected chi connectivity index (χ0v) is 22.7. The van der Waals surface area contributed by atoms with E-state index in [0.29, 0.717) is 0 Å². The van der Waals surface area contributed by atoms with Crippen molar-refractivity contribution in [2.45, 2.75) is 45.4 Å². The van der Waals surface area contributed by atoms with Gasteiger partial charge in [0.05, 0.1) is 16.6 Å². The van der Waals surface area contributed by atoms with Crippen LogP contribution in [0.15, 0.2) is 85.2 Å². The first kappa shape index (κ1) is 24.3. The Balaban J connectivity index is 1.55. The molecule has 6 heteroatoms. The highest BCUT2D eigenvalue weighted by Crippen LogP contribution is 2.51. The van der Waals surface area contributed by atoms with Crippen LogP contribution < -0.4 is 0 Å². The quantitative estimate of drug-likeness (QED) is 0.233. The van der Waals surface area contributed by atoms with Gasteiger partial charge in [-0.3, -0.25) is 28.1 Å². The summed E-state index contributed by atoms with van der Waals surface area (Å²) in [4.78, 5) is 38.6. The molecule has 0 saturated heterocycles. The first-order valence-electron chi connectivity index (χ1n) is 13.7. The minimum absolute atomic E-state index is 0.00315. The Hall–Kier alpha value is -4.71. The molecular weight excluding hydrogens is 498 g/mol. The maximum atomic E-state index is 13.4. The van der Waals surface area contributed by atoms with Crippen molar-refractivity contribution in [2.24, 2.45) is 0 Å². The van der Waals surface area contributed by atoms with E-state index in [1.54, 1.807) is 29.9 Å². The average Bonchev–Trinajstić information content (AvgIpc) is 3.63. The number of nitrogens with zero attached hydrogens (tertiary/aromatic N) is 3. The van der Waals surface area contributed by atoms with Crippen LogP contribution in [0, 0.1) is 0 Å². The molecule has 0 fully saturated rings. The fourth-order valence-electron chi connectivity index (χ4n) is 7.05. The minimum Gasteiger partial charge on any atom is -0.287 e. The van der Waals surface area contributed by atoms with E-state index >= 15 is 0 Å². The van der Waals surface area contributed by atoms with Crippen LogP contribution in [0.5, 0.6) is 0 Å². The van der Waals surface area contributed by atoms with Gasteiger partial charge in [-0.1, -0.05) is 54.6 Å². The number of benzene rings is 3. The van der Waals surface area contributed by atoms with Crippen molar-refractivity contribution in [2.75, 3.05) is 0 Å². The summed E-state index contributed by atoms with van der Waals surface area (Å²) in [5, 5.41) is 3.14. The minimum atomic E-state index is -0.0748. The van der Waals surface area contributed by atoms with Crippen molar-refractivity contribution in [1.82, 2.24) is 13.7 Å². The lowest BCUT2D eigenvalue weighted by Crippen LogP contribution is -2.21. The van der Waals surface area contributed by atoms with Crippen molar-refractivity contribution in [3.05, 3.63) is 108 Å². The van der Waals surface area contributed by atoms with Gasteiger partial charge in [0.15, 0.2) is 0 Å². The van der Waals surface area contributed by atoms with Crippen LogP contribution in [0.4, 0.5) is 0 Å². The lowest BCUT2D eigenvalue weighted by atomic mass is 9.74. The van der Waals surface area contributed by atoms with Gasteiger partial charge in [0, 0.05) is 66.9 Å². The summed E-state index contributed by atoms with van der Waals surface area (Å²) in [6, 6.07) is 24.1. The van der Waals surface area contributed by atoms with Crippen molar-refractivity contribution in [3.63, 3.8) is 0 Å². The maximum Gasteiger partial charge on any atom is 0.228 e. The third-order valence-electron chi connectivity index (χ3n) is 8.60. The molecule has 0 N–H and O–H groups in total. The van der Waals surface area contributed by atoms with E-state index in [2.05, 4.69) is 18.2 Å². The highest BCUT2D eigenvalue weighted by molar-refractivity contribution is 6.00. The SMILES string of the molecule is CC(=O)n1cc([C@H]2CC[C@@H](c3cn(C(C)=O)c4ccccc34)c3c2c2ccccc2n3C(C)=O)c2ccccc21. The molecule has 0 unspecified atom stereocenters. The molecule has 0 aliphatic heterocycles. The molecule has 0 radical (unpaired) electrons. The molecule has 3 aromatic carbocycles. The van der Waals surface area contributed by atoms with Gasteiger partial charge in [-0.15, -0.1) is 0 Å². The average molecular weight is 528 g/mol. The van der Waals surface area contributed by atoms with E-state index in [-0.39, 0.29) is 29.6 Å². The molecule has 198 valence electrons. The normalized spacial score (nSPS) is 17.0. The van der Waals surface area contributed by atoms with Crippen molar-refractivity contribution >= 4 is 50.4 Å². The molecule has 2 atom stereocenters. The fraction of sp³-hybridized carbons (Fsp3) is 0.206. The number of rotatable bonds is 2. The summed E-state index contributed by atoms with van der Waals surface area (Å²) in [7, 11) is 0. The molecule has 0 saturated carbocycles. The van der Waals surface area contributed by atoms with E-state index in [0.717, 1.165) is 67.9 Å². The number of carbonyl (C=O) groups is 3. The molecule has 7 rings (SSSR count). The van der Waals surface area contributed by atoms with Crippen LogP contribution in [0.3, 0.4) is 0 Å². The van der Waals surface area contributed by atoms with Crippen molar-refractivity contribution < 1.29 is 14.4 Å². The standard InChI is InChI=1S/C34H29N3O3/c1-20(38)35-18-28(23-10-4-7-13-30(23)35)25-16-17-26(29-19-36(21(2)39)31-14-8-5-11-24(29)31)34-33(25)27-12-6-9-15-32(27)37(34)22(3)40/h4-15,18-19,25-26H,16-17H2,1-3H3/t25-,26+/m1/s1. The number of hydrogen-bond acceptors (Lipinski definition) is 3. The van der Waals surface area contributed by atoms with Gasteiger partial charge >= 0.3 is 0 Å². The van der Waals surface area contributed by atoms with Gasteiger partial charge in [-0.25, -0.2) is 0 Å². The topological polar surface area (TPSA) is 66.0 Å². The number of aromatic nitrogens is 3. The van der Waals surface area contributed by atoms with E-state index in [1.807, 2.05) is 71.6 Å². The Kier molecular flexibility index (Phi) is 5.42. The largest absolute Gasteiger partial charge is 0.287 e. The second-order valence-corrected chi connectivity index (χ2v) is 10.8. The Morgan fingerprint density at radius 2 is 1.02 bits per heavy atom. The Morgan fingerprint density at radius 1 is 0.575 bits per heavy atom. The van der Waals surface area contributed by atoms with Crippen molar-refractivity contribution in [3.8, 4) is 0 Å². The van der Waals surface area contributed by atoms with Crippen LogP contribution in [-0.2, 0) is 0 Å². The molecule has 3 aromatic heterocycles. The lowest BCUT2D eigenvalue weighted by molar-refractivity contribution is 0.0929. The van der Waals surface area contributed by atoms with Gasteiger partial charge in [0.2, 0.25) is 17.7 Å². The molecule has 3 heterocycles. The van der Waals surface area contributed by atoms with Gasteiger partial charge in [-0.05, 0) is 47.7 Å². The van der Waals surface area contributed by atoms with E-state index in [4.69, 9.17) is 0 Å². The van der Waals surface area contributed by atoms with Gasteiger partial charge in [0.1, 0.15) is 0 Å². The maximum absolute atomic E-state index is 13.4. The molecule has 0 amide bonds. The van der Waals surface area contributed by atoms with Crippen LogP contribution in [0.25, 0.3) is 32.7 Å². The molecule has 0 spiro atoms. The summed E-state index contributed by atoms with van der Waals surface area (Å²) in [5.74, 6) is -0.178. The number of carbonyl (C=O) groups excluding carboxylic acids is 3. The Labute approximate surface area is 231 Å². The zero-order chi connectivity index (χ0) is 27.7. The van der Waals surface area contributed by atoms with Gasteiger partial charge in [0.25, 0.3) is 0 Å². The summed E-state index contributed by atoms with van der Waals surface area (Å²) >= 11 is 0. The second kappa shape index (κ2) is 8.91. The predicted molar refractivity (Wildman–Crippen MR) is 158 cm³/mol. The van der Waals surface area contributed by atoms with E-state index in [9.17, 15) is 14.4 Å². The summed E-state index contributed by atoms with van der Waals surface area (Å²) in [6.07, 6.45) is 5.59. The van der Waals surface area contributed by atoms with Crippen molar-refractivity contribution in [1.29, 1.82) is 0 Å². The first-order valence-corrected chi connectivity index (χ1v) is 13.7. The van der Waals surface area contributed by atoms with Crippen LogP contribution in [0.2, 0.25) is 0 Å². The second-order valence-electron chi connectivity index (χ2n) is 10.8. The first-order chi connectivity index (χ1) is 19.4. The Morgan fingerprint density at radius 3 is 1.55 bits per heavy atom. The third-order valence-corrected chi connectivity index (χ3v) is 8.60. The van der Waals surface area contributed by atoms with Gasteiger partial charge in [-0.2, -0.15) is 0 Å². The fourth-order valence-corrected chi connectivity index (χ4v) is 7.05. The number of hydrogen-bond donors (Lipinski definition) is 0. The van der Waals surface area contributed by atoms with Crippen LogP contribution in [-0.4, -0.2) is 31.4 Å². The molecule has 1 aliphatic carbocycles. The van der Waals surface area contributed by atoms with Gasteiger partial charge < -0.3 is 0 Å². The Bertz CT molecular complexity index is 2020. The van der Waals surface area contributed by atoms with E-state index in [1.165, 1.54) is 0 Å². The monoisotopic (exact) mass is 527 g/mol. The summed E-state index contributed by atoms with van der Waals surface area (Å²) < 4.78 is 5.34. The number of fused-ring (bicyclic) bond motifs is 5. The van der Waals surface area contributed by atoms with Crippen LogP contribution in [0.1, 0.15) is 82.2 Å². The summed E-state index contributed by atoms with van der Waals surface area (Å²) in [6.45, 7) is 4.79. The third kappa shape index (κ3) is 3.38. The number of para-hydroxylation sites is 3. The highest BCUT2D eigenvalue weighted by atomic mass is 16.2. The van der Waals surface area contributed by atoms with E-state index < -0.39 is 0 Å². The summed E-state index contributed by atoms with van der Waals surface area (Å²) in [5.41, 5.74) is 6.94. The highest BCUT2D eigenvalue weighted by Gasteiger charge is 2.38. The molecule has 1 aliphatic rings. The van der Waals surface area contributed by atoms with Crippen LogP contribution >= 0.6 is 0 Å².